The van der Waals surface area contributed by atoms with Gasteiger partial charge in [-0.3, -0.25) is 0 Å². The van der Waals surface area contributed by atoms with Crippen LogP contribution in [0.5, 0.6) is 11.5 Å². The molecule has 0 aliphatic carbocycles. The van der Waals surface area contributed by atoms with Crippen molar-refractivity contribution in [1.82, 2.24) is 0 Å². The molecule has 2 nitrogen and oxygen atoms in total. The van der Waals surface area contributed by atoms with Crippen LogP contribution in [0.1, 0.15) is 78.4 Å². The lowest BCUT2D eigenvalue weighted by Gasteiger charge is -2.26. The highest BCUT2D eigenvalue weighted by Gasteiger charge is 2.22. The molecule has 0 bridgehead atoms. The molecule has 24 heavy (non-hydrogen) atoms. The van der Waals surface area contributed by atoms with Gasteiger partial charge in [0, 0.05) is 5.56 Å². The first-order valence-electron chi connectivity index (χ1n) is 9.01. The molecule has 0 spiro atoms. The van der Waals surface area contributed by atoms with Crippen LogP contribution in [-0.4, -0.2) is 10.2 Å². The van der Waals surface area contributed by atoms with Crippen molar-refractivity contribution in [2.24, 2.45) is 0 Å². The summed E-state index contributed by atoms with van der Waals surface area (Å²) in [5.74, 6) is 0.390. The van der Waals surface area contributed by atoms with Crippen LogP contribution in [0.15, 0.2) is 35.4 Å². The van der Waals surface area contributed by atoms with E-state index in [1.807, 2.05) is 12.1 Å². The van der Waals surface area contributed by atoms with Crippen molar-refractivity contribution in [3.63, 3.8) is 0 Å². The molecule has 1 aromatic carbocycles. The van der Waals surface area contributed by atoms with Crippen molar-refractivity contribution in [1.29, 1.82) is 0 Å². The van der Waals surface area contributed by atoms with Crippen molar-refractivity contribution in [3.8, 4) is 11.5 Å². The van der Waals surface area contributed by atoms with Gasteiger partial charge in [-0.05, 0) is 63.1 Å². The Morgan fingerprint density at radius 3 is 2.12 bits per heavy atom. The fraction of sp³-hybridized carbons (Fsp3) is 0.545. The Morgan fingerprint density at radius 2 is 1.62 bits per heavy atom. The minimum Gasteiger partial charge on any atom is -0.508 e. The van der Waals surface area contributed by atoms with E-state index in [0.29, 0.717) is 12.0 Å². The van der Waals surface area contributed by atoms with Crippen molar-refractivity contribution < 1.29 is 10.2 Å². The first-order valence-corrected chi connectivity index (χ1v) is 9.01. The number of unbranched alkanes of at least 4 members (excludes halogenated alkanes) is 1. The Morgan fingerprint density at radius 1 is 1.04 bits per heavy atom. The van der Waals surface area contributed by atoms with Gasteiger partial charge in [-0.2, -0.15) is 0 Å². The Kier molecular flexibility index (Phi) is 7.59. The predicted octanol–water partition coefficient (Wildman–Crippen LogP) is 6.41. The van der Waals surface area contributed by atoms with E-state index in [2.05, 4.69) is 53.7 Å². The number of rotatable bonds is 8. The molecule has 0 fully saturated rings. The summed E-state index contributed by atoms with van der Waals surface area (Å²) in [5.41, 5.74) is 4.11. The van der Waals surface area contributed by atoms with Crippen LogP contribution in [0.2, 0.25) is 0 Å². The molecule has 0 atom stereocenters. The summed E-state index contributed by atoms with van der Waals surface area (Å²) in [4.78, 5) is 0. The molecular formula is C22H34O2. The van der Waals surface area contributed by atoms with Crippen LogP contribution in [0.4, 0.5) is 0 Å². The third-order valence-corrected chi connectivity index (χ3v) is 4.63. The number of benzene rings is 1. The maximum absolute atomic E-state index is 10.4. The van der Waals surface area contributed by atoms with E-state index in [0.717, 1.165) is 31.2 Å². The third kappa shape index (κ3) is 6.07. The zero-order valence-electron chi connectivity index (χ0n) is 16.2. The molecule has 0 heterocycles. The van der Waals surface area contributed by atoms with E-state index in [1.54, 1.807) is 0 Å². The zero-order chi connectivity index (χ0) is 18.3. The molecule has 0 aliphatic heterocycles. The van der Waals surface area contributed by atoms with Crippen LogP contribution in [0.25, 0.3) is 0 Å². The smallest absolute Gasteiger partial charge is 0.123 e. The molecule has 1 aromatic rings. The molecule has 2 N–H and O–H groups in total. The molecule has 0 saturated heterocycles. The van der Waals surface area contributed by atoms with Gasteiger partial charge in [-0.1, -0.05) is 56.9 Å². The molecule has 0 aromatic heterocycles. The SMILES string of the molecule is CCCCC(C)(C)c1cc(O)c(C/C=C(/C)CC=C(C)C)c(O)c1. The number of hydrogen-bond acceptors (Lipinski definition) is 2. The highest BCUT2D eigenvalue weighted by molar-refractivity contribution is 5.49. The fourth-order valence-corrected chi connectivity index (χ4v) is 2.73. The van der Waals surface area contributed by atoms with Gasteiger partial charge in [0.05, 0.1) is 0 Å². The number of phenolic OH excluding ortho intramolecular Hbond substituents is 2. The molecule has 2 heteroatoms. The van der Waals surface area contributed by atoms with Crippen LogP contribution >= 0.6 is 0 Å². The van der Waals surface area contributed by atoms with E-state index < -0.39 is 0 Å². The lowest BCUT2D eigenvalue weighted by atomic mass is 9.79. The lowest BCUT2D eigenvalue weighted by molar-refractivity contribution is 0.422. The van der Waals surface area contributed by atoms with Gasteiger partial charge < -0.3 is 10.2 Å². The minimum atomic E-state index is -0.0430. The summed E-state index contributed by atoms with van der Waals surface area (Å²) in [6.45, 7) is 12.8. The van der Waals surface area contributed by atoms with Crippen molar-refractivity contribution >= 4 is 0 Å². The number of aromatic hydroxyl groups is 2. The topological polar surface area (TPSA) is 40.5 Å². The van der Waals surface area contributed by atoms with Crippen molar-refractivity contribution in [2.45, 2.75) is 79.1 Å². The quantitative estimate of drug-likeness (QED) is 0.541. The molecule has 0 amide bonds. The van der Waals surface area contributed by atoms with Crippen LogP contribution < -0.4 is 0 Å². The van der Waals surface area contributed by atoms with Gasteiger partial charge in [0.1, 0.15) is 11.5 Å². The van der Waals surface area contributed by atoms with Crippen molar-refractivity contribution in [2.75, 3.05) is 0 Å². The summed E-state index contributed by atoms with van der Waals surface area (Å²) in [7, 11) is 0. The maximum Gasteiger partial charge on any atom is 0.123 e. The largest absolute Gasteiger partial charge is 0.508 e. The number of phenols is 2. The average molecular weight is 331 g/mol. The summed E-state index contributed by atoms with van der Waals surface area (Å²) < 4.78 is 0. The summed E-state index contributed by atoms with van der Waals surface area (Å²) >= 11 is 0. The van der Waals surface area contributed by atoms with Gasteiger partial charge in [0.25, 0.3) is 0 Å². The van der Waals surface area contributed by atoms with E-state index >= 15 is 0 Å². The molecule has 0 unspecified atom stereocenters. The zero-order valence-corrected chi connectivity index (χ0v) is 16.2. The summed E-state index contributed by atoms with van der Waals surface area (Å²) in [6, 6.07) is 3.65. The molecule has 0 saturated carbocycles. The Labute approximate surface area is 147 Å². The first kappa shape index (κ1) is 20.3. The number of hydrogen-bond donors (Lipinski definition) is 2. The monoisotopic (exact) mass is 330 g/mol. The normalized spacial score (nSPS) is 12.3. The molecule has 0 radical (unpaired) electrons. The van der Waals surface area contributed by atoms with Gasteiger partial charge in [0.2, 0.25) is 0 Å². The first-order chi connectivity index (χ1) is 11.2. The van der Waals surface area contributed by atoms with Gasteiger partial charge in [0.15, 0.2) is 0 Å². The Hall–Kier alpha value is -1.70. The van der Waals surface area contributed by atoms with E-state index in [9.17, 15) is 10.2 Å². The molecule has 134 valence electrons. The van der Waals surface area contributed by atoms with Gasteiger partial charge in [-0.25, -0.2) is 0 Å². The fourth-order valence-electron chi connectivity index (χ4n) is 2.73. The van der Waals surface area contributed by atoms with Crippen LogP contribution in [0.3, 0.4) is 0 Å². The maximum atomic E-state index is 10.4. The minimum absolute atomic E-state index is 0.0430. The molecular weight excluding hydrogens is 296 g/mol. The van der Waals surface area contributed by atoms with Gasteiger partial charge >= 0.3 is 0 Å². The third-order valence-electron chi connectivity index (χ3n) is 4.63. The van der Waals surface area contributed by atoms with E-state index in [1.165, 1.54) is 11.1 Å². The number of allylic oxidation sites excluding steroid dienone is 4. The van der Waals surface area contributed by atoms with Crippen LogP contribution in [0, 0.1) is 0 Å². The predicted molar refractivity (Wildman–Crippen MR) is 104 cm³/mol. The van der Waals surface area contributed by atoms with E-state index in [4.69, 9.17) is 0 Å². The highest BCUT2D eigenvalue weighted by atomic mass is 16.3. The standard InChI is InChI=1S/C22H34O2/c1-7-8-13-22(5,6)18-14-20(23)19(21(24)15-18)12-11-17(4)10-9-16(2)3/h9,11,14-15,23-24H,7-8,10,12-13H2,1-6H3/b17-11-. The van der Waals surface area contributed by atoms with Gasteiger partial charge in [-0.15, -0.1) is 0 Å². The second kappa shape index (κ2) is 8.96. The second-order valence-electron chi connectivity index (χ2n) is 7.72. The Balaban J connectivity index is 2.96. The average Bonchev–Trinajstić information content (AvgIpc) is 2.50. The lowest BCUT2D eigenvalue weighted by Crippen LogP contribution is -2.17. The van der Waals surface area contributed by atoms with Crippen LogP contribution in [-0.2, 0) is 11.8 Å². The molecule has 0 aliphatic rings. The summed E-state index contributed by atoms with van der Waals surface area (Å²) in [5, 5.41) is 20.8. The summed E-state index contributed by atoms with van der Waals surface area (Å²) in [6.07, 6.45) is 9.06. The van der Waals surface area contributed by atoms with Crippen molar-refractivity contribution in [3.05, 3.63) is 46.6 Å². The van der Waals surface area contributed by atoms with E-state index in [-0.39, 0.29) is 16.9 Å². The Bertz CT molecular complexity index is 579. The second-order valence-corrected chi connectivity index (χ2v) is 7.72. The molecule has 1 rings (SSSR count). The highest BCUT2D eigenvalue weighted by Crippen LogP contribution is 2.37.